The number of allylic oxidation sites excluding steroid dienone is 4. The fourth-order valence-corrected chi connectivity index (χ4v) is 0.989. The summed E-state index contributed by atoms with van der Waals surface area (Å²) in [6.07, 6.45) is 12.5. The smallest absolute Gasteiger partial charge is 0.665 e. The fourth-order valence-electron chi connectivity index (χ4n) is 0.989. The van der Waals surface area contributed by atoms with Gasteiger partial charge in [-0.1, -0.05) is 47.0 Å². The zero-order chi connectivity index (χ0) is 16.8. The summed E-state index contributed by atoms with van der Waals surface area (Å²) in [5.41, 5.74) is 1.41. The largest absolute Gasteiger partial charge is 4.00 e. The summed E-state index contributed by atoms with van der Waals surface area (Å²) in [6, 6.07) is 0. The van der Waals surface area contributed by atoms with E-state index < -0.39 is 0 Å². The van der Waals surface area contributed by atoms with Gasteiger partial charge in [0.2, 0.25) is 0 Å². The van der Waals surface area contributed by atoms with Gasteiger partial charge < -0.3 is 16.0 Å². The van der Waals surface area contributed by atoms with Crippen LogP contribution < -0.4 is 0 Å². The molecular formula is C18H37HfN3. The predicted molar refractivity (Wildman–Crippen MR) is 99.5 cm³/mol. The molecule has 1 aliphatic carbocycles. The average molecular weight is 474 g/mol. The summed E-state index contributed by atoms with van der Waals surface area (Å²) in [4.78, 5) is 0. The molecule has 1 rings (SSSR count). The first-order valence-corrected chi connectivity index (χ1v) is 8.11. The van der Waals surface area contributed by atoms with Crippen LogP contribution in [0.2, 0.25) is 0 Å². The Kier molecular flexibility index (Phi) is 45.2. The van der Waals surface area contributed by atoms with Crippen LogP contribution in [0, 0.1) is 6.08 Å². The van der Waals surface area contributed by atoms with E-state index in [0.717, 1.165) is 26.1 Å². The van der Waals surface area contributed by atoms with Crippen molar-refractivity contribution in [3.8, 4) is 0 Å². The molecule has 0 spiro atoms. The van der Waals surface area contributed by atoms with Gasteiger partial charge in [0, 0.05) is 0 Å². The molecule has 1 aliphatic rings. The molecule has 0 radical (unpaired) electrons. The van der Waals surface area contributed by atoms with Crippen LogP contribution in [-0.2, 0) is 25.8 Å². The van der Waals surface area contributed by atoms with Gasteiger partial charge in [-0.3, -0.25) is 6.08 Å². The Balaban J connectivity index is -0.000000107. The van der Waals surface area contributed by atoms with E-state index in [1.54, 1.807) is 21.1 Å². The second kappa shape index (κ2) is 33.0. The maximum absolute atomic E-state index is 3.74. The molecule has 0 N–H and O–H groups in total. The van der Waals surface area contributed by atoms with E-state index in [1.165, 1.54) is 24.8 Å². The van der Waals surface area contributed by atoms with Crippen molar-refractivity contribution in [1.82, 2.24) is 0 Å². The van der Waals surface area contributed by atoms with Crippen molar-refractivity contribution in [2.45, 2.75) is 53.4 Å². The number of hydrogen-bond acceptors (Lipinski definition) is 0. The third kappa shape index (κ3) is 36.9. The predicted octanol–water partition coefficient (Wildman–Crippen LogP) is 5.89. The van der Waals surface area contributed by atoms with Crippen molar-refractivity contribution in [3.63, 3.8) is 0 Å². The molecule has 0 aromatic rings. The van der Waals surface area contributed by atoms with E-state index in [2.05, 4.69) is 41.1 Å². The van der Waals surface area contributed by atoms with E-state index in [0.29, 0.717) is 0 Å². The van der Waals surface area contributed by atoms with Gasteiger partial charge in [0.25, 0.3) is 0 Å². The Hall–Kier alpha value is 0.230. The summed E-state index contributed by atoms with van der Waals surface area (Å²) in [7, 11) is 5.42. The fraction of sp³-hybridized carbons (Fsp3) is 0.778. The number of unbranched alkanes of at least 4 members (excludes halogenated alkanes) is 1. The molecular weight excluding hydrogens is 437 g/mol. The standard InChI is InChI=1S/C9H13.3C3H8N.Hf/c1-2-3-6-9-7-4-5-8-9;3*1-3-4-2;/h4,7H,2-3,5-6H2,1H3;3*3H2,1-2H3;/q4*-1;+4. The molecule has 0 aliphatic heterocycles. The minimum absolute atomic E-state index is 0. The van der Waals surface area contributed by atoms with Crippen molar-refractivity contribution in [2.75, 3.05) is 40.8 Å². The molecule has 0 unspecified atom stereocenters. The van der Waals surface area contributed by atoms with Crippen LogP contribution in [0.15, 0.2) is 17.7 Å². The van der Waals surface area contributed by atoms with Gasteiger partial charge in [-0.2, -0.15) is 46.9 Å². The van der Waals surface area contributed by atoms with E-state index in [-0.39, 0.29) is 25.8 Å². The molecule has 22 heavy (non-hydrogen) atoms. The second-order valence-corrected chi connectivity index (χ2v) is 4.31. The summed E-state index contributed by atoms with van der Waals surface area (Å²) < 4.78 is 0. The maximum atomic E-state index is 3.74. The van der Waals surface area contributed by atoms with Crippen LogP contribution in [0.4, 0.5) is 0 Å². The summed E-state index contributed by atoms with van der Waals surface area (Å²) in [5.74, 6) is 0. The second-order valence-electron chi connectivity index (χ2n) is 4.31. The van der Waals surface area contributed by atoms with Gasteiger partial charge >= 0.3 is 25.8 Å². The third-order valence-corrected chi connectivity index (χ3v) is 2.51. The number of nitrogens with zero attached hydrogens (tertiary/aromatic N) is 3. The van der Waals surface area contributed by atoms with Crippen molar-refractivity contribution in [2.24, 2.45) is 0 Å². The first-order valence-electron chi connectivity index (χ1n) is 8.11. The minimum Gasteiger partial charge on any atom is -0.665 e. The van der Waals surface area contributed by atoms with Gasteiger partial charge in [-0.05, 0) is 0 Å². The molecule has 0 saturated heterocycles. The Morgan fingerprint density at radius 3 is 1.55 bits per heavy atom. The van der Waals surface area contributed by atoms with Crippen LogP contribution in [-0.4, -0.2) is 40.8 Å². The SMILES string of the molecule is CCCCC1=[C-]CC=C1.CC[N-]C.CC[N-]C.CC[N-]C.[Hf+4]. The number of hydrogen-bond donors (Lipinski definition) is 0. The van der Waals surface area contributed by atoms with Crippen LogP contribution in [0.5, 0.6) is 0 Å². The monoisotopic (exact) mass is 475 g/mol. The van der Waals surface area contributed by atoms with E-state index in [9.17, 15) is 0 Å². The van der Waals surface area contributed by atoms with Gasteiger partial charge in [0.05, 0.1) is 0 Å². The summed E-state index contributed by atoms with van der Waals surface area (Å²) >= 11 is 0. The quantitative estimate of drug-likeness (QED) is 0.341. The van der Waals surface area contributed by atoms with Crippen LogP contribution >= 0.6 is 0 Å². The molecule has 3 nitrogen and oxygen atoms in total. The van der Waals surface area contributed by atoms with Gasteiger partial charge in [0.15, 0.2) is 0 Å². The summed E-state index contributed by atoms with van der Waals surface area (Å²) in [5, 5.41) is 11.2. The molecule has 128 valence electrons. The Bertz CT molecular complexity index is 201. The number of rotatable bonds is 6. The van der Waals surface area contributed by atoms with E-state index in [4.69, 9.17) is 0 Å². The molecule has 0 atom stereocenters. The Morgan fingerprint density at radius 2 is 1.32 bits per heavy atom. The maximum Gasteiger partial charge on any atom is 4.00 e. The molecule has 0 aromatic carbocycles. The van der Waals surface area contributed by atoms with Gasteiger partial charge in [0.1, 0.15) is 0 Å². The van der Waals surface area contributed by atoms with Gasteiger partial charge in [-0.25, -0.2) is 11.6 Å². The zero-order valence-electron chi connectivity index (χ0n) is 15.9. The molecule has 0 aromatic heterocycles. The van der Waals surface area contributed by atoms with Crippen LogP contribution in [0.3, 0.4) is 0 Å². The van der Waals surface area contributed by atoms with Gasteiger partial charge in [-0.15, -0.1) is 6.42 Å². The Morgan fingerprint density at radius 1 is 0.909 bits per heavy atom. The van der Waals surface area contributed by atoms with E-state index >= 15 is 0 Å². The normalized spacial score (nSPS) is 10.8. The first kappa shape index (κ1) is 30.1. The first-order chi connectivity index (χ1) is 10.2. The van der Waals surface area contributed by atoms with Crippen molar-refractivity contribution in [3.05, 3.63) is 39.8 Å². The molecule has 0 fully saturated rings. The van der Waals surface area contributed by atoms with Crippen LogP contribution in [0.25, 0.3) is 16.0 Å². The summed E-state index contributed by atoms with van der Waals surface area (Å²) in [6.45, 7) is 11.1. The molecule has 0 saturated carbocycles. The minimum atomic E-state index is 0. The molecule has 0 heterocycles. The van der Waals surface area contributed by atoms with Crippen molar-refractivity contribution in [1.29, 1.82) is 0 Å². The van der Waals surface area contributed by atoms with Crippen molar-refractivity contribution >= 4 is 0 Å². The molecule has 4 heteroatoms. The Labute approximate surface area is 159 Å². The van der Waals surface area contributed by atoms with Crippen LogP contribution in [0.1, 0.15) is 53.4 Å². The zero-order valence-corrected chi connectivity index (χ0v) is 19.5. The topological polar surface area (TPSA) is 42.3 Å². The molecule has 0 amide bonds. The third-order valence-electron chi connectivity index (χ3n) is 2.51. The average Bonchev–Trinajstić information content (AvgIpc) is 3.07. The van der Waals surface area contributed by atoms with E-state index in [1.807, 2.05) is 20.8 Å². The van der Waals surface area contributed by atoms with Crippen molar-refractivity contribution < 1.29 is 25.8 Å². The molecule has 0 bridgehead atoms.